The molecule has 22 heavy (non-hydrogen) atoms. The van der Waals surface area contributed by atoms with Crippen molar-refractivity contribution in [3.63, 3.8) is 0 Å². The summed E-state index contributed by atoms with van der Waals surface area (Å²) in [4.78, 5) is 7.32. The number of para-hydroxylation sites is 1. The second-order valence-corrected chi connectivity index (χ2v) is 7.40. The molecule has 2 fully saturated rings. The van der Waals surface area contributed by atoms with Gasteiger partial charge in [0.25, 0.3) is 0 Å². The summed E-state index contributed by atoms with van der Waals surface area (Å²) in [6.45, 7) is 3.30. The quantitative estimate of drug-likeness (QED) is 0.784. The van der Waals surface area contributed by atoms with Crippen molar-refractivity contribution < 1.29 is 0 Å². The maximum absolute atomic E-state index is 4.64. The van der Waals surface area contributed by atoms with Crippen LogP contribution in [-0.2, 0) is 0 Å². The van der Waals surface area contributed by atoms with Crippen LogP contribution in [0, 0.1) is 5.92 Å². The summed E-state index contributed by atoms with van der Waals surface area (Å²) in [7, 11) is 0. The average molecular weight is 296 g/mol. The van der Waals surface area contributed by atoms with E-state index in [-0.39, 0.29) is 0 Å². The Kier molecular flexibility index (Phi) is 4.18. The lowest BCUT2D eigenvalue weighted by atomic mass is 9.92. The summed E-state index contributed by atoms with van der Waals surface area (Å²) in [6, 6.07) is 6.91. The number of anilines is 1. The van der Waals surface area contributed by atoms with E-state index >= 15 is 0 Å². The van der Waals surface area contributed by atoms with Gasteiger partial charge in [0.15, 0.2) is 0 Å². The Morgan fingerprint density at radius 3 is 2.59 bits per heavy atom. The minimum absolute atomic E-state index is 0.785. The number of rotatable bonds is 3. The molecule has 2 saturated carbocycles. The molecule has 118 valence electrons. The fourth-order valence-electron chi connectivity index (χ4n) is 4.76. The third-order valence-electron chi connectivity index (χ3n) is 5.89. The minimum Gasteiger partial charge on any atom is -0.369 e. The molecule has 4 rings (SSSR count). The van der Waals surface area contributed by atoms with Gasteiger partial charge in [0.05, 0.1) is 6.54 Å². The van der Waals surface area contributed by atoms with E-state index in [1.54, 1.807) is 5.56 Å². The summed E-state index contributed by atoms with van der Waals surface area (Å²) in [5, 5.41) is 0. The molecule has 0 aromatic heterocycles. The molecule has 2 aliphatic carbocycles. The van der Waals surface area contributed by atoms with Gasteiger partial charge in [-0.3, -0.25) is 4.99 Å². The number of nitrogens with zero attached hydrogens (tertiary/aromatic N) is 2. The largest absolute Gasteiger partial charge is 0.369 e. The van der Waals surface area contributed by atoms with Gasteiger partial charge in [-0.2, -0.15) is 0 Å². The lowest BCUT2D eigenvalue weighted by Crippen LogP contribution is -2.32. The van der Waals surface area contributed by atoms with Crippen LogP contribution in [0.1, 0.15) is 68.4 Å². The zero-order valence-electron chi connectivity index (χ0n) is 13.6. The van der Waals surface area contributed by atoms with E-state index in [0.717, 1.165) is 24.9 Å². The van der Waals surface area contributed by atoms with Gasteiger partial charge < -0.3 is 4.90 Å². The molecule has 0 atom stereocenters. The molecule has 0 spiro atoms. The van der Waals surface area contributed by atoms with Crippen LogP contribution < -0.4 is 4.90 Å². The average Bonchev–Trinajstić information content (AvgIpc) is 3.20. The van der Waals surface area contributed by atoms with Crippen LogP contribution >= 0.6 is 0 Å². The van der Waals surface area contributed by atoms with Crippen molar-refractivity contribution in [3.8, 4) is 0 Å². The van der Waals surface area contributed by atoms with Gasteiger partial charge in [-0.15, -0.1) is 0 Å². The van der Waals surface area contributed by atoms with Crippen LogP contribution in [-0.4, -0.2) is 25.8 Å². The van der Waals surface area contributed by atoms with Crippen LogP contribution in [0.15, 0.2) is 23.2 Å². The number of fused-ring (bicyclic) bond motifs is 1. The Morgan fingerprint density at radius 1 is 1.00 bits per heavy atom. The minimum atomic E-state index is 0.785. The van der Waals surface area contributed by atoms with Crippen LogP contribution in [0.2, 0.25) is 0 Å². The topological polar surface area (TPSA) is 15.6 Å². The number of aliphatic imine (C=N–C) groups is 1. The summed E-state index contributed by atoms with van der Waals surface area (Å²) in [5.41, 5.74) is 4.50. The highest BCUT2D eigenvalue weighted by atomic mass is 15.2. The fourth-order valence-corrected chi connectivity index (χ4v) is 4.76. The second-order valence-electron chi connectivity index (χ2n) is 7.40. The van der Waals surface area contributed by atoms with Crippen LogP contribution in [0.25, 0.3) is 0 Å². The lowest BCUT2D eigenvalue weighted by Gasteiger charge is -2.31. The molecule has 0 N–H and O–H groups in total. The van der Waals surface area contributed by atoms with E-state index in [4.69, 9.17) is 0 Å². The number of benzene rings is 1. The molecule has 1 aliphatic heterocycles. The third-order valence-corrected chi connectivity index (χ3v) is 5.89. The zero-order chi connectivity index (χ0) is 14.8. The summed E-state index contributed by atoms with van der Waals surface area (Å²) in [6.07, 6.45) is 13.4. The summed E-state index contributed by atoms with van der Waals surface area (Å²) in [5.74, 6) is 1.69. The molecule has 2 heteroatoms. The third kappa shape index (κ3) is 2.80. The molecule has 0 radical (unpaired) electrons. The lowest BCUT2D eigenvalue weighted by molar-refractivity contribution is 0.531. The zero-order valence-corrected chi connectivity index (χ0v) is 13.6. The summed E-state index contributed by atoms with van der Waals surface area (Å²) >= 11 is 0. The van der Waals surface area contributed by atoms with Gasteiger partial charge in [0.2, 0.25) is 0 Å². The molecule has 0 bridgehead atoms. The van der Waals surface area contributed by atoms with Crippen LogP contribution in [0.4, 0.5) is 5.69 Å². The van der Waals surface area contributed by atoms with Crippen molar-refractivity contribution in [1.82, 2.24) is 0 Å². The Labute approximate surface area is 134 Å². The van der Waals surface area contributed by atoms with Gasteiger partial charge in [0.1, 0.15) is 0 Å². The van der Waals surface area contributed by atoms with E-state index in [2.05, 4.69) is 34.3 Å². The van der Waals surface area contributed by atoms with E-state index < -0.39 is 0 Å². The smallest absolute Gasteiger partial charge is 0.0565 e. The molecule has 0 amide bonds. The first-order valence-corrected chi connectivity index (χ1v) is 9.29. The molecule has 0 saturated heterocycles. The number of hydrogen-bond donors (Lipinski definition) is 0. The first-order valence-electron chi connectivity index (χ1n) is 9.29. The molecular weight excluding hydrogens is 268 g/mol. The first-order chi connectivity index (χ1) is 10.9. The maximum atomic E-state index is 4.64. The van der Waals surface area contributed by atoms with Gasteiger partial charge in [-0.25, -0.2) is 0 Å². The van der Waals surface area contributed by atoms with Crippen LogP contribution in [0.5, 0.6) is 0 Å². The normalized spacial score (nSPS) is 23.0. The van der Waals surface area contributed by atoms with E-state index in [1.807, 2.05) is 0 Å². The van der Waals surface area contributed by atoms with Crippen molar-refractivity contribution in [1.29, 1.82) is 0 Å². The number of benzodiazepines with no additional fused rings is 1. The predicted molar refractivity (Wildman–Crippen MR) is 94.3 cm³/mol. The molecule has 1 aromatic rings. The monoisotopic (exact) mass is 296 g/mol. The van der Waals surface area contributed by atoms with Crippen molar-refractivity contribution in [2.75, 3.05) is 24.5 Å². The van der Waals surface area contributed by atoms with Gasteiger partial charge in [0, 0.05) is 30.6 Å². The summed E-state index contributed by atoms with van der Waals surface area (Å²) < 4.78 is 0. The van der Waals surface area contributed by atoms with Crippen molar-refractivity contribution >= 4 is 11.9 Å². The highest BCUT2D eigenvalue weighted by Gasteiger charge is 2.26. The van der Waals surface area contributed by atoms with Crippen LogP contribution in [0.3, 0.4) is 0 Å². The Bertz CT molecular complexity index is 537. The number of hydrogen-bond acceptors (Lipinski definition) is 2. The molecule has 1 aromatic carbocycles. The molecule has 3 aliphatic rings. The standard InChI is InChI=1S/C20H28N2/c1-2-7-16(6-1)15-22-13-12-21-14-18-10-5-11-19(20(18)22)17-8-3-4-9-17/h5,10-11,14,16-17H,1-4,6-9,12-13,15H2. The van der Waals surface area contributed by atoms with Crippen molar-refractivity contribution in [3.05, 3.63) is 29.3 Å². The van der Waals surface area contributed by atoms with Gasteiger partial charge >= 0.3 is 0 Å². The van der Waals surface area contributed by atoms with E-state index in [9.17, 15) is 0 Å². The Hall–Kier alpha value is -1.31. The maximum Gasteiger partial charge on any atom is 0.0565 e. The first kappa shape index (κ1) is 14.3. The molecule has 2 nitrogen and oxygen atoms in total. The highest BCUT2D eigenvalue weighted by molar-refractivity contribution is 5.90. The Balaban J connectivity index is 1.68. The van der Waals surface area contributed by atoms with Gasteiger partial charge in [-0.1, -0.05) is 43.9 Å². The van der Waals surface area contributed by atoms with Crippen molar-refractivity contribution in [2.24, 2.45) is 10.9 Å². The SMILES string of the molecule is C1=NCCN(CC2CCCC2)c2c1cccc2C1CCCC1. The van der Waals surface area contributed by atoms with Crippen molar-refractivity contribution in [2.45, 2.75) is 57.3 Å². The second kappa shape index (κ2) is 6.44. The van der Waals surface area contributed by atoms with E-state index in [0.29, 0.717) is 0 Å². The molecule has 1 heterocycles. The fraction of sp³-hybridized carbons (Fsp3) is 0.650. The highest BCUT2D eigenvalue weighted by Crippen LogP contribution is 2.41. The van der Waals surface area contributed by atoms with Gasteiger partial charge in [-0.05, 0) is 43.1 Å². The Morgan fingerprint density at radius 2 is 1.77 bits per heavy atom. The molecular formula is C20H28N2. The van der Waals surface area contributed by atoms with E-state index in [1.165, 1.54) is 69.2 Å². The molecule has 0 unspecified atom stereocenters. The predicted octanol–water partition coefficient (Wildman–Crippen LogP) is 4.77.